The first kappa shape index (κ1) is 11.9. The van der Waals surface area contributed by atoms with Crippen molar-refractivity contribution in [1.82, 2.24) is 10.6 Å². The van der Waals surface area contributed by atoms with E-state index in [0.29, 0.717) is 6.54 Å². The number of nitrogens with one attached hydrogen (secondary N) is 2. The highest BCUT2D eigenvalue weighted by atomic mass is 16.1. The smallest absolute Gasteiger partial charge is 0.233 e. The van der Waals surface area contributed by atoms with Gasteiger partial charge in [-0.3, -0.25) is 4.79 Å². The molecule has 2 rings (SSSR count). The van der Waals surface area contributed by atoms with Gasteiger partial charge < -0.3 is 10.6 Å². The molecule has 2 aliphatic rings. The largest absolute Gasteiger partial charge is 0.355 e. The summed E-state index contributed by atoms with van der Waals surface area (Å²) < 4.78 is 0. The van der Waals surface area contributed by atoms with Crippen molar-refractivity contribution < 1.29 is 4.79 Å². The Labute approximate surface area is 98.4 Å². The fraction of sp³-hybridized carbons (Fsp3) is 0.923. The molecular weight excluding hydrogens is 200 g/mol. The molecule has 2 N–H and O–H groups in total. The lowest BCUT2D eigenvalue weighted by atomic mass is 9.98. The van der Waals surface area contributed by atoms with Gasteiger partial charge in [-0.25, -0.2) is 0 Å². The lowest BCUT2D eigenvalue weighted by Gasteiger charge is -2.15. The summed E-state index contributed by atoms with van der Waals surface area (Å²) in [7, 11) is 0. The van der Waals surface area contributed by atoms with Crippen molar-refractivity contribution in [3.8, 4) is 0 Å². The van der Waals surface area contributed by atoms with Crippen molar-refractivity contribution in [2.45, 2.75) is 39.0 Å². The van der Waals surface area contributed by atoms with Crippen LogP contribution in [0.15, 0.2) is 0 Å². The third kappa shape index (κ3) is 3.78. The Morgan fingerprint density at radius 1 is 1.19 bits per heavy atom. The second kappa shape index (κ2) is 5.67. The highest BCUT2D eigenvalue weighted by Gasteiger charge is 2.23. The number of carbonyl (C=O) groups excluding carboxylic acids is 1. The monoisotopic (exact) mass is 224 g/mol. The van der Waals surface area contributed by atoms with E-state index in [1.807, 2.05) is 0 Å². The van der Waals surface area contributed by atoms with Crippen LogP contribution in [-0.2, 0) is 4.79 Å². The van der Waals surface area contributed by atoms with E-state index >= 15 is 0 Å². The molecule has 3 heteroatoms. The molecule has 0 radical (unpaired) electrons. The maximum atomic E-state index is 11.5. The predicted molar refractivity (Wildman–Crippen MR) is 65.1 cm³/mol. The van der Waals surface area contributed by atoms with Gasteiger partial charge in [0.25, 0.3) is 0 Å². The first-order valence-corrected chi connectivity index (χ1v) is 6.73. The maximum absolute atomic E-state index is 11.5. The molecule has 3 nitrogen and oxygen atoms in total. The molecule has 1 amide bonds. The third-order valence-electron chi connectivity index (χ3n) is 4.02. The summed E-state index contributed by atoms with van der Waals surface area (Å²) in [4.78, 5) is 11.5. The highest BCUT2D eigenvalue weighted by molar-refractivity contribution is 5.77. The zero-order valence-corrected chi connectivity index (χ0v) is 10.3. The molecule has 2 unspecified atom stereocenters. The summed E-state index contributed by atoms with van der Waals surface area (Å²) in [5.74, 6) is 2.56. The van der Waals surface area contributed by atoms with Gasteiger partial charge in [0.15, 0.2) is 0 Å². The van der Waals surface area contributed by atoms with Crippen LogP contribution in [-0.4, -0.2) is 25.5 Å². The SMILES string of the molecule is CC1CCCC1CNCC(=O)NCC1CC1. The Morgan fingerprint density at radius 3 is 2.62 bits per heavy atom. The van der Waals surface area contributed by atoms with Crippen molar-refractivity contribution in [3.05, 3.63) is 0 Å². The topological polar surface area (TPSA) is 41.1 Å². The van der Waals surface area contributed by atoms with Crippen molar-refractivity contribution >= 4 is 5.91 Å². The minimum absolute atomic E-state index is 0.164. The van der Waals surface area contributed by atoms with Crippen LogP contribution in [0.3, 0.4) is 0 Å². The van der Waals surface area contributed by atoms with Crippen molar-refractivity contribution in [2.24, 2.45) is 17.8 Å². The average molecular weight is 224 g/mol. The molecule has 0 bridgehead atoms. The van der Waals surface area contributed by atoms with E-state index in [-0.39, 0.29) is 5.91 Å². The number of amides is 1. The summed E-state index contributed by atoms with van der Waals surface area (Å²) in [5, 5.41) is 6.27. The lowest BCUT2D eigenvalue weighted by Crippen LogP contribution is -2.37. The summed E-state index contributed by atoms with van der Waals surface area (Å²) in [5.41, 5.74) is 0. The van der Waals surface area contributed by atoms with E-state index in [1.54, 1.807) is 0 Å². The standard InChI is InChI=1S/C13H24N2O/c1-10-3-2-4-12(10)8-14-9-13(16)15-7-11-5-6-11/h10-12,14H,2-9H2,1H3,(H,15,16). The Kier molecular flexibility index (Phi) is 4.22. The van der Waals surface area contributed by atoms with Crippen molar-refractivity contribution in [1.29, 1.82) is 0 Å². The molecule has 0 aromatic carbocycles. The molecule has 92 valence electrons. The van der Waals surface area contributed by atoms with E-state index in [4.69, 9.17) is 0 Å². The van der Waals surface area contributed by atoms with E-state index in [2.05, 4.69) is 17.6 Å². The molecule has 2 atom stereocenters. The Hall–Kier alpha value is -0.570. The second-order valence-corrected chi connectivity index (χ2v) is 5.55. The zero-order chi connectivity index (χ0) is 11.4. The van der Waals surface area contributed by atoms with Crippen LogP contribution in [0.4, 0.5) is 0 Å². The van der Waals surface area contributed by atoms with Gasteiger partial charge in [0.05, 0.1) is 6.54 Å². The first-order valence-electron chi connectivity index (χ1n) is 6.73. The van der Waals surface area contributed by atoms with Crippen LogP contribution in [0.1, 0.15) is 39.0 Å². The van der Waals surface area contributed by atoms with Gasteiger partial charge in [0.1, 0.15) is 0 Å². The van der Waals surface area contributed by atoms with E-state index < -0.39 is 0 Å². The molecular formula is C13H24N2O. The molecule has 0 aliphatic heterocycles. The van der Waals surface area contributed by atoms with Crippen molar-refractivity contribution in [2.75, 3.05) is 19.6 Å². The maximum Gasteiger partial charge on any atom is 0.233 e. The summed E-state index contributed by atoms with van der Waals surface area (Å²) >= 11 is 0. The number of carbonyl (C=O) groups is 1. The highest BCUT2D eigenvalue weighted by Crippen LogP contribution is 2.30. The van der Waals surface area contributed by atoms with Gasteiger partial charge in [-0.05, 0) is 43.6 Å². The molecule has 2 aliphatic carbocycles. The van der Waals surface area contributed by atoms with E-state index in [0.717, 1.165) is 30.8 Å². The van der Waals surface area contributed by atoms with Crippen LogP contribution in [0, 0.1) is 17.8 Å². The van der Waals surface area contributed by atoms with Gasteiger partial charge in [-0.1, -0.05) is 19.8 Å². The summed E-state index contributed by atoms with van der Waals surface area (Å²) in [6.07, 6.45) is 6.65. The van der Waals surface area contributed by atoms with Gasteiger partial charge in [0, 0.05) is 6.54 Å². The normalized spacial score (nSPS) is 29.3. The Balaban J connectivity index is 1.51. The second-order valence-electron chi connectivity index (χ2n) is 5.55. The number of hydrogen-bond donors (Lipinski definition) is 2. The van der Waals surface area contributed by atoms with Crippen LogP contribution < -0.4 is 10.6 Å². The van der Waals surface area contributed by atoms with Crippen LogP contribution in [0.25, 0.3) is 0 Å². The van der Waals surface area contributed by atoms with E-state index in [9.17, 15) is 4.79 Å². The molecule has 0 saturated heterocycles. The minimum atomic E-state index is 0.164. The number of rotatable bonds is 6. The fourth-order valence-corrected chi connectivity index (χ4v) is 2.54. The molecule has 0 aromatic rings. The number of hydrogen-bond acceptors (Lipinski definition) is 2. The van der Waals surface area contributed by atoms with Gasteiger partial charge in [-0.15, -0.1) is 0 Å². The first-order chi connectivity index (χ1) is 7.75. The Morgan fingerprint density at radius 2 is 2.00 bits per heavy atom. The van der Waals surface area contributed by atoms with Crippen LogP contribution >= 0.6 is 0 Å². The molecule has 16 heavy (non-hydrogen) atoms. The van der Waals surface area contributed by atoms with Crippen LogP contribution in [0.5, 0.6) is 0 Å². The fourth-order valence-electron chi connectivity index (χ4n) is 2.54. The average Bonchev–Trinajstić information content (AvgIpc) is 3.01. The predicted octanol–water partition coefficient (Wildman–Crippen LogP) is 1.54. The van der Waals surface area contributed by atoms with Crippen LogP contribution in [0.2, 0.25) is 0 Å². The molecule has 2 saturated carbocycles. The van der Waals surface area contributed by atoms with E-state index in [1.165, 1.54) is 32.1 Å². The van der Waals surface area contributed by atoms with Gasteiger partial charge >= 0.3 is 0 Å². The van der Waals surface area contributed by atoms with Crippen molar-refractivity contribution in [3.63, 3.8) is 0 Å². The molecule has 0 spiro atoms. The quantitative estimate of drug-likeness (QED) is 0.718. The molecule has 2 fully saturated rings. The summed E-state index contributed by atoms with van der Waals surface area (Å²) in [6.45, 7) is 4.72. The zero-order valence-electron chi connectivity index (χ0n) is 10.3. The third-order valence-corrected chi connectivity index (χ3v) is 4.02. The van der Waals surface area contributed by atoms with Gasteiger partial charge in [-0.2, -0.15) is 0 Å². The molecule has 0 heterocycles. The Bertz CT molecular complexity index is 238. The van der Waals surface area contributed by atoms with Gasteiger partial charge in [0.2, 0.25) is 5.91 Å². The molecule has 0 aromatic heterocycles. The lowest BCUT2D eigenvalue weighted by molar-refractivity contribution is -0.120. The minimum Gasteiger partial charge on any atom is -0.355 e. The summed E-state index contributed by atoms with van der Waals surface area (Å²) in [6, 6.07) is 0.